The first kappa shape index (κ1) is 24.3. The van der Waals surface area contributed by atoms with Crippen LogP contribution in [0.3, 0.4) is 0 Å². The quantitative estimate of drug-likeness (QED) is 0.695. The summed E-state index contributed by atoms with van der Waals surface area (Å²) in [7, 11) is 0. The maximum Gasteiger partial charge on any atom is 0.257 e. The number of carbonyl (C=O) groups is 2. The minimum Gasteiger partial charge on any atom is -0.389 e. The van der Waals surface area contributed by atoms with Crippen LogP contribution in [0.5, 0.6) is 0 Å². The first-order valence-electron chi connectivity index (χ1n) is 11.4. The molecule has 9 heteroatoms. The standard InChI is InChI=1S/C25H28F2N2O5/c26-17-7-5-16(6-8-17)12-28-24(31)11-19-9-10-22-23(34-19)15-33-14-18(30)13-29(22)25(32)20-3-1-2-4-21(20)27/h1-8,18-19,22-23,30H,9-15H2,(H,28,31)/t18-,19-,22-,23+/m1/s1. The lowest BCUT2D eigenvalue weighted by Crippen LogP contribution is -2.57. The first-order valence-corrected chi connectivity index (χ1v) is 11.4. The third kappa shape index (κ3) is 5.97. The molecular weight excluding hydrogens is 446 g/mol. The number of nitrogens with one attached hydrogen (secondary N) is 1. The van der Waals surface area contributed by atoms with E-state index in [2.05, 4.69) is 5.32 Å². The summed E-state index contributed by atoms with van der Waals surface area (Å²) in [5.41, 5.74) is 0.728. The van der Waals surface area contributed by atoms with Gasteiger partial charge in [-0.3, -0.25) is 9.59 Å². The minimum atomic E-state index is -0.897. The van der Waals surface area contributed by atoms with Crippen molar-refractivity contribution in [3.63, 3.8) is 0 Å². The first-order chi connectivity index (χ1) is 16.4. The molecule has 2 fully saturated rings. The van der Waals surface area contributed by atoms with Crippen LogP contribution in [0, 0.1) is 11.6 Å². The van der Waals surface area contributed by atoms with Crippen LogP contribution in [0.25, 0.3) is 0 Å². The summed E-state index contributed by atoms with van der Waals surface area (Å²) in [6, 6.07) is 11.2. The molecule has 182 valence electrons. The number of ether oxygens (including phenoxy) is 2. The predicted octanol–water partition coefficient (Wildman–Crippen LogP) is 2.42. The number of halogens is 2. The second-order valence-electron chi connectivity index (χ2n) is 8.68. The highest BCUT2D eigenvalue weighted by Crippen LogP contribution is 2.29. The van der Waals surface area contributed by atoms with E-state index in [1.807, 2.05) is 0 Å². The number of β-amino-alcohol motifs (C(OH)–C–C–N with tert-alkyl or cyclic N) is 1. The Kier molecular flexibility index (Phi) is 7.87. The fraction of sp³-hybridized carbons (Fsp3) is 0.440. The maximum atomic E-state index is 14.3. The summed E-state index contributed by atoms with van der Waals surface area (Å²) < 4.78 is 39.0. The van der Waals surface area contributed by atoms with Gasteiger partial charge in [-0.2, -0.15) is 0 Å². The summed E-state index contributed by atoms with van der Waals surface area (Å²) in [5.74, 6) is -1.66. The Morgan fingerprint density at radius 1 is 1.06 bits per heavy atom. The van der Waals surface area contributed by atoms with Crippen molar-refractivity contribution in [2.75, 3.05) is 19.8 Å². The van der Waals surface area contributed by atoms with Crippen molar-refractivity contribution in [2.45, 2.75) is 50.2 Å². The van der Waals surface area contributed by atoms with Gasteiger partial charge >= 0.3 is 0 Å². The summed E-state index contributed by atoms with van der Waals surface area (Å²) in [5, 5.41) is 13.1. The average Bonchev–Trinajstić information content (AvgIpc) is 2.81. The van der Waals surface area contributed by atoms with Gasteiger partial charge in [-0.1, -0.05) is 24.3 Å². The Hall–Kier alpha value is -2.88. The number of amides is 2. The Bertz CT molecular complexity index is 1000. The Morgan fingerprint density at radius 2 is 1.82 bits per heavy atom. The van der Waals surface area contributed by atoms with Gasteiger partial charge in [-0.15, -0.1) is 0 Å². The number of aliphatic hydroxyl groups is 1. The summed E-state index contributed by atoms with van der Waals surface area (Å²) in [6.45, 7) is 0.456. The van der Waals surface area contributed by atoms with Crippen molar-refractivity contribution in [3.8, 4) is 0 Å². The molecule has 2 aromatic carbocycles. The summed E-state index contributed by atoms with van der Waals surface area (Å²) >= 11 is 0. The summed E-state index contributed by atoms with van der Waals surface area (Å²) in [4.78, 5) is 27.1. The number of rotatable bonds is 5. The van der Waals surface area contributed by atoms with E-state index in [1.165, 1.54) is 35.2 Å². The van der Waals surface area contributed by atoms with Gasteiger partial charge in [0.2, 0.25) is 5.91 Å². The van der Waals surface area contributed by atoms with Gasteiger partial charge in [0.1, 0.15) is 17.7 Å². The lowest BCUT2D eigenvalue weighted by atomic mass is 9.94. The number of hydrogen-bond donors (Lipinski definition) is 2. The van der Waals surface area contributed by atoms with E-state index in [-0.39, 0.29) is 56.1 Å². The predicted molar refractivity (Wildman–Crippen MR) is 119 cm³/mol. The van der Waals surface area contributed by atoms with Gasteiger partial charge in [0.05, 0.1) is 43.4 Å². The third-order valence-electron chi connectivity index (χ3n) is 6.16. The molecule has 2 heterocycles. The van der Waals surface area contributed by atoms with Crippen LogP contribution in [-0.4, -0.2) is 65.9 Å². The second kappa shape index (κ2) is 11.0. The van der Waals surface area contributed by atoms with Gasteiger partial charge in [0, 0.05) is 13.1 Å². The molecule has 0 saturated carbocycles. The number of benzene rings is 2. The molecule has 0 unspecified atom stereocenters. The molecule has 0 aliphatic carbocycles. The molecule has 2 aliphatic rings. The van der Waals surface area contributed by atoms with E-state index < -0.39 is 30.0 Å². The van der Waals surface area contributed by atoms with Crippen molar-refractivity contribution >= 4 is 11.8 Å². The molecule has 0 bridgehead atoms. The summed E-state index contributed by atoms with van der Waals surface area (Å²) in [6.07, 6.45) is -0.598. The molecule has 0 aromatic heterocycles. The van der Waals surface area contributed by atoms with Crippen molar-refractivity contribution < 1.29 is 33.0 Å². The molecule has 4 atom stereocenters. The Morgan fingerprint density at radius 3 is 2.59 bits per heavy atom. The zero-order chi connectivity index (χ0) is 24.1. The van der Waals surface area contributed by atoms with Crippen molar-refractivity contribution in [1.29, 1.82) is 0 Å². The van der Waals surface area contributed by atoms with E-state index in [0.29, 0.717) is 12.8 Å². The van der Waals surface area contributed by atoms with E-state index in [1.54, 1.807) is 18.2 Å². The van der Waals surface area contributed by atoms with Gasteiger partial charge in [-0.05, 0) is 42.7 Å². The number of aliphatic hydroxyl groups excluding tert-OH is 1. The number of hydrogen-bond acceptors (Lipinski definition) is 5. The molecule has 2 aliphatic heterocycles. The highest BCUT2D eigenvalue weighted by molar-refractivity contribution is 5.94. The average molecular weight is 475 g/mol. The van der Waals surface area contributed by atoms with Crippen LogP contribution in [0.4, 0.5) is 8.78 Å². The molecule has 0 spiro atoms. The van der Waals surface area contributed by atoms with Crippen LogP contribution >= 0.6 is 0 Å². The molecular formula is C25H28F2N2O5. The highest BCUT2D eigenvalue weighted by atomic mass is 19.1. The van der Waals surface area contributed by atoms with Gasteiger partial charge in [-0.25, -0.2) is 8.78 Å². The number of carbonyl (C=O) groups excluding carboxylic acids is 2. The van der Waals surface area contributed by atoms with E-state index in [0.717, 1.165) is 5.56 Å². The van der Waals surface area contributed by atoms with Crippen molar-refractivity contribution in [3.05, 3.63) is 71.3 Å². The molecule has 4 rings (SSSR count). The molecule has 2 amide bonds. The van der Waals surface area contributed by atoms with Gasteiger partial charge in [0.15, 0.2) is 0 Å². The highest BCUT2D eigenvalue weighted by Gasteiger charge is 2.40. The van der Waals surface area contributed by atoms with Gasteiger partial charge < -0.3 is 24.8 Å². The monoisotopic (exact) mass is 474 g/mol. The molecule has 2 aromatic rings. The topological polar surface area (TPSA) is 88.1 Å². The Balaban J connectivity index is 1.39. The van der Waals surface area contributed by atoms with Crippen LogP contribution in [0.1, 0.15) is 35.2 Å². The lowest BCUT2D eigenvalue weighted by molar-refractivity contribution is -0.151. The third-order valence-corrected chi connectivity index (χ3v) is 6.16. The fourth-order valence-corrected chi connectivity index (χ4v) is 4.45. The van der Waals surface area contributed by atoms with Crippen molar-refractivity contribution in [1.82, 2.24) is 10.2 Å². The molecule has 34 heavy (non-hydrogen) atoms. The largest absolute Gasteiger partial charge is 0.389 e. The molecule has 0 radical (unpaired) electrons. The van der Waals surface area contributed by atoms with Crippen LogP contribution in [0.2, 0.25) is 0 Å². The van der Waals surface area contributed by atoms with Crippen molar-refractivity contribution in [2.24, 2.45) is 0 Å². The minimum absolute atomic E-state index is 0.000513. The number of fused-ring (bicyclic) bond motifs is 1. The van der Waals surface area contributed by atoms with E-state index >= 15 is 0 Å². The molecule has 2 saturated heterocycles. The molecule has 7 nitrogen and oxygen atoms in total. The number of nitrogens with zero attached hydrogens (tertiary/aromatic N) is 1. The normalized spacial score (nSPS) is 25.1. The Labute approximate surface area is 196 Å². The second-order valence-corrected chi connectivity index (χ2v) is 8.68. The van der Waals surface area contributed by atoms with Crippen LogP contribution in [-0.2, 0) is 20.8 Å². The molecule has 2 N–H and O–H groups in total. The van der Waals surface area contributed by atoms with E-state index in [9.17, 15) is 23.5 Å². The van der Waals surface area contributed by atoms with Crippen LogP contribution in [0.15, 0.2) is 48.5 Å². The zero-order valence-corrected chi connectivity index (χ0v) is 18.7. The zero-order valence-electron chi connectivity index (χ0n) is 18.7. The van der Waals surface area contributed by atoms with Crippen LogP contribution < -0.4 is 5.32 Å². The fourth-order valence-electron chi connectivity index (χ4n) is 4.45. The van der Waals surface area contributed by atoms with E-state index in [4.69, 9.17) is 9.47 Å². The smallest absolute Gasteiger partial charge is 0.257 e. The lowest BCUT2D eigenvalue weighted by Gasteiger charge is -2.44. The maximum absolute atomic E-state index is 14.3. The SMILES string of the molecule is O=C(C[C@H]1CC[C@@H]2[C@H](COC[C@H](O)CN2C(=O)c2ccccc2F)O1)NCc1ccc(F)cc1. The van der Waals surface area contributed by atoms with Gasteiger partial charge in [0.25, 0.3) is 5.91 Å².